The Morgan fingerprint density at radius 2 is 2.45 bits per heavy atom. The number of nitrogens with one attached hydrogen (secondary N) is 2. The SMILES string of the molecule is C=CC[C@H](CC)NC(=O)N[C@@H]1CCCN(c2ccnn2C)C1. The summed E-state index contributed by atoms with van der Waals surface area (Å²) in [5, 5.41) is 10.3. The number of anilines is 1. The van der Waals surface area contributed by atoms with Gasteiger partial charge in [-0.2, -0.15) is 5.10 Å². The maximum absolute atomic E-state index is 12.1. The van der Waals surface area contributed by atoms with Crippen molar-refractivity contribution in [3.05, 3.63) is 24.9 Å². The van der Waals surface area contributed by atoms with Gasteiger partial charge in [-0.15, -0.1) is 6.58 Å². The first-order chi connectivity index (χ1) is 10.6. The molecule has 1 aliphatic rings. The van der Waals surface area contributed by atoms with Crippen molar-refractivity contribution in [1.29, 1.82) is 0 Å². The third-order valence-electron chi connectivity index (χ3n) is 4.15. The molecular formula is C16H27N5O. The van der Waals surface area contributed by atoms with Gasteiger partial charge in [-0.25, -0.2) is 4.79 Å². The van der Waals surface area contributed by atoms with Crippen molar-refractivity contribution in [3.63, 3.8) is 0 Å². The molecule has 0 aromatic carbocycles. The Labute approximate surface area is 132 Å². The van der Waals surface area contributed by atoms with Crippen LogP contribution in [0, 0.1) is 0 Å². The largest absolute Gasteiger partial charge is 0.355 e. The highest BCUT2D eigenvalue weighted by atomic mass is 16.2. The van der Waals surface area contributed by atoms with Crippen LogP contribution in [0.15, 0.2) is 24.9 Å². The minimum absolute atomic E-state index is 0.0782. The second kappa shape index (κ2) is 7.87. The normalized spacial score (nSPS) is 19.5. The average molecular weight is 305 g/mol. The van der Waals surface area contributed by atoms with E-state index in [1.807, 2.05) is 23.9 Å². The van der Waals surface area contributed by atoms with Gasteiger partial charge in [-0.1, -0.05) is 13.0 Å². The predicted molar refractivity (Wildman–Crippen MR) is 89.0 cm³/mol. The molecule has 0 saturated carbocycles. The molecule has 1 saturated heterocycles. The Balaban J connectivity index is 1.86. The van der Waals surface area contributed by atoms with Gasteiger partial charge in [0.15, 0.2) is 0 Å². The topological polar surface area (TPSA) is 62.2 Å². The lowest BCUT2D eigenvalue weighted by Crippen LogP contribution is -2.52. The lowest BCUT2D eigenvalue weighted by atomic mass is 10.1. The number of nitrogens with zero attached hydrogens (tertiary/aromatic N) is 3. The van der Waals surface area contributed by atoms with Crippen molar-refractivity contribution in [1.82, 2.24) is 20.4 Å². The fraction of sp³-hybridized carbons (Fsp3) is 0.625. The molecule has 22 heavy (non-hydrogen) atoms. The van der Waals surface area contributed by atoms with E-state index in [0.29, 0.717) is 0 Å². The van der Waals surface area contributed by atoms with Gasteiger partial charge in [0.2, 0.25) is 0 Å². The van der Waals surface area contributed by atoms with Gasteiger partial charge >= 0.3 is 6.03 Å². The number of aryl methyl sites for hydroxylation is 1. The van der Waals surface area contributed by atoms with Gasteiger partial charge < -0.3 is 15.5 Å². The highest BCUT2D eigenvalue weighted by molar-refractivity contribution is 5.74. The molecule has 6 nitrogen and oxygen atoms in total. The fourth-order valence-electron chi connectivity index (χ4n) is 2.92. The van der Waals surface area contributed by atoms with Crippen LogP contribution in [0.5, 0.6) is 0 Å². The molecule has 122 valence electrons. The third-order valence-corrected chi connectivity index (χ3v) is 4.15. The van der Waals surface area contributed by atoms with Crippen molar-refractivity contribution in [3.8, 4) is 0 Å². The molecule has 2 rings (SSSR count). The summed E-state index contributed by atoms with van der Waals surface area (Å²) in [6.07, 6.45) is 7.44. The predicted octanol–water partition coefficient (Wildman–Crippen LogP) is 2.04. The minimum Gasteiger partial charge on any atom is -0.355 e. The first kappa shape index (κ1) is 16.4. The summed E-state index contributed by atoms with van der Waals surface area (Å²) in [5.41, 5.74) is 0. The van der Waals surface area contributed by atoms with E-state index in [1.54, 1.807) is 6.20 Å². The van der Waals surface area contributed by atoms with Crippen LogP contribution in [0.25, 0.3) is 0 Å². The maximum Gasteiger partial charge on any atom is 0.315 e. The Hall–Kier alpha value is -1.98. The van der Waals surface area contributed by atoms with Crippen molar-refractivity contribution in [2.45, 2.75) is 44.7 Å². The van der Waals surface area contributed by atoms with Crippen molar-refractivity contribution in [2.24, 2.45) is 7.05 Å². The smallest absolute Gasteiger partial charge is 0.315 e. The van der Waals surface area contributed by atoms with Crippen LogP contribution in [-0.4, -0.2) is 41.0 Å². The van der Waals surface area contributed by atoms with Crippen LogP contribution in [0.3, 0.4) is 0 Å². The minimum atomic E-state index is -0.0782. The first-order valence-corrected chi connectivity index (χ1v) is 8.05. The summed E-state index contributed by atoms with van der Waals surface area (Å²) in [6, 6.07) is 2.27. The summed E-state index contributed by atoms with van der Waals surface area (Å²) in [5.74, 6) is 1.10. The number of rotatable bonds is 6. The number of urea groups is 1. The lowest BCUT2D eigenvalue weighted by molar-refractivity contribution is 0.230. The summed E-state index contributed by atoms with van der Waals surface area (Å²) >= 11 is 0. The second-order valence-electron chi connectivity index (χ2n) is 5.85. The Morgan fingerprint density at radius 3 is 3.09 bits per heavy atom. The Morgan fingerprint density at radius 1 is 1.64 bits per heavy atom. The van der Waals surface area contributed by atoms with E-state index in [9.17, 15) is 4.79 Å². The molecule has 0 radical (unpaired) electrons. The summed E-state index contributed by atoms with van der Waals surface area (Å²) in [7, 11) is 1.94. The number of carbonyl (C=O) groups is 1. The quantitative estimate of drug-likeness (QED) is 0.791. The Bertz CT molecular complexity index is 498. The van der Waals surface area contributed by atoms with E-state index >= 15 is 0 Å². The van der Waals surface area contributed by atoms with E-state index in [0.717, 1.165) is 44.6 Å². The van der Waals surface area contributed by atoms with E-state index in [2.05, 4.69) is 34.1 Å². The van der Waals surface area contributed by atoms with Gasteiger partial charge in [0.25, 0.3) is 0 Å². The highest BCUT2D eigenvalue weighted by Crippen LogP contribution is 2.18. The van der Waals surface area contributed by atoms with Crippen molar-refractivity contribution < 1.29 is 4.79 Å². The molecular weight excluding hydrogens is 278 g/mol. The Kier molecular flexibility index (Phi) is 5.86. The molecule has 1 aromatic rings. The van der Waals surface area contributed by atoms with Crippen LogP contribution < -0.4 is 15.5 Å². The zero-order valence-electron chi connectivity index (χ0n) is 13.6. The molecule has 1 fully saturated rings. The molecule has 0 spiro atoms. The monoisotopic (exact) mass is 305 g/mol. The molecule has 0 unspecified atom stereocenters. The zero-order valence-corrected chi connectivity index (χ0v) is 13.6. The van der Waals surface area contributed by atoms with Gasteiger partial charge in [-0.05, 0) is 25.7 Å². The van der Waals surface area contributed by atoms with Crippen LogP contribution in [0.4, 0.5) is 10.6 Å². The number of piperidine rings is 1. The van der Waals surface area contributed by atoms with Crippen LogP contribution in [0.2, 0.25) is 0 Å². The number of aromatic nitrogens is 2. The first-order valence-electron chi connectivity index (χ1n) is 8.05. The molecule has 1 aromatic heterocycles. The van der Waals surface area contributed by atoms with Gasteiger partial charge in [-0.3, -0.25) is 4.68 Å². The van der Waals surface area contributed by atoms with Gasteiger partial charge in [0, 0.05) is 38.3 Å². The van der Waals surface area contributed by atoms with Gasteiger partial charge in [0.1, 0.15) is 5.82 Å². The summed E-state index contributed by atoms with van der Waals surface area (Å²) in [4.78, 5) is 14.4. The number of hydrogen-bond acceptors (Lipinski definition) is 3. The molecule has 2 heterocycles. The number of amides is 2. The van der Waals surface area contributed by atoms with E-state index in [-0.39, 0.29) is 18.1 Å². The fourth-order valence-corrected chi connectivity index (χ4v) is 2.92. The van der Waals surface area contributed by atoms with E-state index in [1.165, 1.54) is 0 Å². The van der Waals surface area contributed by atoms with Crippen molar-refractivity contribution in [2.75, 3.05) is 18.0 Å². The highest BCUT2D eigenvalue weighted by Gasteiger charge is 2.23. The average Bonchev–Trinajstić information content (AvgIpc) is 2.93. The second-order valence-corrected chi connectivity index (χ2v) is 5.85. The maximum atomic E-state index is 12.1. The molecule has 0 aliphatic carbocycles. The third kappa shape index (κ3) is 4.26. The van der Waals surface area contributed by atoms with Crippen LogP contribution in [-0.2, 0) is 7.05 Å². The molecule has 1 aliphatic heterocycles. The number of hydrogen-bond donors (Lipinski definition) is 2. The van der Waals surface area contributed by atoms with E-state index in [4.69, 9.17) is 0 Å². The van der Waals surface area contributed by atoms with Crippen molar-refractivity contribution >= 4 is 11.8 Å². The summed E-state index contributed by atoms with van der Waals surface area (Å²) in [6.45, 7) is 7.63. The van der Waals surface area contributed by atoms with Gasteiger partial charge in [0.05, 0.1) is 6.20 Å². The standard InChI is InChI=1S/C16H27N5O/c1-4-7-13(5-2)18-16(22)19-14-8-6-11-21(12-14)15-9-10-17-20(15)3/h4,9-10,13-14H,1,5-8,11-12H2,2-3H3,(H2,18,19,22)/t13-,14+/m0/s1. The molecule has 2 N–H and O–H groups in total. The molecule has 6 heteroatoms. The molecule has 2 amide bonds. The van der Waals surface area contributed by atoms with Crippen LogP contribution in [0.1, 0.15) is 32.6 Å². The van der Waals surface area contributed by atoms with Crippen LogP contribution >= 0.6 is 0 Å². The lowest BCUT2D eigenvalue weighted by Gasteiger charge is -2.34. The van der Waals surface area contributed by atoms with E-state index < -0.39 is 0 Å². The number of carbonyl (C=O) groups excluding carboxylic acids is 1. The molecule has 2 atom stereocenters. The zero-order chi connectivity index (χ0) is 15.9. The molecule has 0 bridgehead atoms. The summed E-state index contributed by atoms with van der Waals surface area (Å²) < 4.78 is 1.87.